The van der Waals surface area contributed by atoms with E-state index in [0.29, 0.717) is 278 Å². The summed E-state index contributed by atoms with van der Waals surface area (Å²) in [6, 6.07) is 39.4. The van der Waals surface area contributed by atoms with Gasteiger partial charge in [0.05, 0.1) is 76.4 Å². The quantitative estimate of drug-likeness (QED) is 0.0132. The highest BCUT2D eigenvalue weighted by Crippen LogP contribution is 2.67. The van der Waals surface area contributed by atoms with Gasteiger partial charge in [0.15, 0.2) is 0 Å². The van der Waals surface area contributed by atoms with Gasteiger partial charge in [-0.15, -0.1) is 0 Å². The maximum absolute atomic E-state index is 15.7. The lowest BCUT2D eigenvalue weighted by Crippen LogP contribution is -2.65. The van der Waals surface area contributed by atoms with Crippen molar-refractivity contribution in [1.29, 1.82) is 0 Å². The molecule has 8 fully saturated rings. The molecule has 24 heteroatoms. The van der Waals surface area contributed by atoms with Gasteiger partial charge in [-0.1, -0.05) is 184 Å². The number of nitrogens with zero attached hydrogens (tertiary/aromatic N) is 4. The Bertz CT molecular complexity index is 5280. The number of anilines is 4. The zero-order valence-corrected chi connectivity index (χ0v) is 81.1. The number of carbonyl (C=O) groups excluding carboxylic acids is 12. The first-order chi connectivity index (χ1) is 64.2. The minimum atomic E-state index is -1.03. The molecule has 2 aromatic heterocycles. The fraction of sp³-hybridized carbons (Fsp3) is 0.564. The lowest BCUT2D eigenvalue weighted by Gasteiger charge is -2.57. The van der Waals surface area contributed by atoms with Crippen LogP contribution in [0.2, 0.25) is 0 Å². The molecule has 134 heavy (non-hydrogen) atoms. The molecular formula is C110H140N12O12. The lowest BCUT2D eigenvalue weighted by molar-refractivity contribution is -0.171. The summed E-state index contributed by atoms with van der Waals surface area (Å²) in [6.45, 7) is 25.3. The van der Waals surface area contributed by atoms with Gasteiger partial charge in [0, 0.05) is 79.5 Å². The van der Waals surface area contributed by atoms with E-state index in [9.17, 15) is 38.4 Å². The summed E-state index contributed by atoms with van der Waals surface area (Å²) >= 11 is 0. The van der Waals surface area contributed by atoms with Gasteiger partial charge in [-0.05, 0) is 262 Å². The van der Waals surface area contributed by atoms with Gasteiger partial charge < -0.3 is 30.4 Å². The Hall–Kier alpha value is -11.0. The molecule has 4 aliphatic carbocycles. The summed E-state index contributed by atoms with van der Waals surface area (Å²) < 4.78 is 4.43. The minimum absolute atomic E-state index is 0.220. The van der Waals surface area contributed by atoms with Crippen molar-refractivity contribution in [3.8, 4) is 0 Å². The molecule has 6 heterocycles. The largest absolute Gasteiger partial charge is 0.336 e. The van der Waals surface area contributed by atoms with E-state index in [1.165, 1.54) is 0 Å². The van der Waals surface area contributed by atoms with E-state index < -0.39 is 65.0 Å². The number of nitrogens with one attached hydrogen (secondary N) is 8. The summed E-state index contributed by atoms with van der Waals surface area (Å²) in [5.74, 6) is -3.17. The molecule has 4 saturated carbocycles. The van der Waals surface area contributed by atoms with Gasteiger partial charge in [-0.2, -0.15) is 10.2 Å². The van der Waals surface area contributed by atoms with Gasteiger partial charge in [-0.25, -0.2) is 0 Å². The number of azo groups is 1. The van der Waals surface area contributed by atoms with Crippen molar-refractivity contribution < 1.29 is 57.5 Å². The SMILES string of the molecule is CCCC1(C(=O)Nc2ccc3c(c2)c2cc(NC(=O)C4(CCC)C[C@@]5(CCC)C[C@@](CCC)(C4)C(=O)NC5=O)ccc2n3Cc2cccc(N=Nc3cccc(Cn4c5ccc(NC(=O)C6(CCC)C[C@@]7(CCC)C[C@@](CCC)(C6)C(=O)NC7=O)cc5c5cc(NC(=O)C6(CCC)C[C@@]7(CCC)C[C@@](CCC)(C6)C(=O)NC7=O)ccc54)c3)c2)C[C@@]2(CCC)C[C@@](CCC)(C1)C(=O)NC2=O. The molecule has 24 nitrogen and oxygen atoms in total. The van der Waals surface area contributed by atoms with Crippen LogP contribution in [-0.4, -0.2) is 80.0 Å². The van der Waals surface area contributed by atoms with Crippen molar-refractivity contribution >= 4 is 149 Å². The Morgan fingerprint density at radius 1 is 0.261 bits per heavy atom. The molecule has 0 spiro atoms. The second kappa shape index (κ2) is 37.2. The first-order valence-electron chi connectivity index (χ1n) is 50.6. The number of imide groups is 4. The van der Waals surface area contributed by atoms with Gasteiger partial charge >= 0.3 is 0 Å². The van der Waals surface area contributed by atoms with Gasteiger partial charge in [0.2, 0.25) is 70.9 Å². The highest BCUT2D eigenvalue weighted by atomic mass is 16.2. The number of aromatic nitrogens is 2. The Morgan fingerprint density at radius 2 is 0.455 bits per heavy atom. The van der Waals surface area contributed by atoms with Crippen LogP contribution in [0.4, 0.5) is 34.1 Å². The average molecular weight is 1820 g/mol. The summed E-state index contributed by atoms with van der Waals surface area (Å²) in [4.78, 5) is 177. The van der Waals surface area contributed by atoms with E-state index in [2.05, 4.69) is 79.4 Å². The third-order valence-corrected chi connectivity index (χ3v) is 33.1. The maximum atomic E-state index is 15.7. The van der Waals surface area contributed by atoms with Crippen LogP contribution in [0.5, 0.6) is 0 Å². The highest BCUT2D eigenvalue weighted by Gasteiger charge is 2.69. The number of fused-ring (bicyclic) bond motifs is 14. The van der Waals surface area contributed by atoms with Crippen LogP contribution in [0.15, 0.2) is 132 Å². The standard InChI is InChI=1S/C110H140N12O12/c1-13-39-99(59-103(43-17-5)67-104(60-99,44-18-6)92(128)115-91(103)127)87(123)111-73-31-35-83-79(53-73)80-54-74(112-88(124)100(40-14-2)61-105(45-19-7)68-106(62-100,46-20-8)94(130)116-93(105)129)32-36-84(80)121(83)57-71-27-25-29-77(51-71)119-120-78-30-26-28-72(52-78)58-122-85-37-33-75(113-89(125)101(41-15-3)63-107(47-21-9)69-108(64-101,48-22-10)96(132)117-95(107)131)55-81(85)82-56-76(34-38-86(82)122)114-90(126)102(42-16-4)65-109(49-23-11)70-110(66-102,50-24-12)98(134)118-97(109)133/h25-38,51-56H,13-24,39-50,57-70H2,1-12H3,(H,111,123)(H,112,124)(H,113,125)(H,114,126)(H,115,127,128)(H,116,129,130)(H,117,131,132)(H,118,133,134)/t99?,100?,101?,102?,103-,104+,105-,106+,107-,108+,109-,110+. The predicted octanol–water partition coefficient (Wildman–Crippen LogP) is 23.0. The van der Waals surface area contributed by atoms with Crippen molar-refractivity contribution in [2.75, 3.05) is 21.3 Å². The lowest BCUT2D eigenvalue weighted by atomic mass is 9.47. The molecule has 12 amide bonds. The van der Waals surface area contributed by atoms with E-state index in [1.807, 2.05) is 177 Å². The second-order valence-electron chi connectivity index (χ2n) is 43.1. The molecule has 12 atom stereocenters. The van der Waals surface area contributed by atoms with E-state index in [1.54, 1.807) is 0 Å². The minimum Gasteiger partial charge on any atom is -0.336 e. The maximum Gasteiger partial charge on any atom is 0.232 e. The number of rotatable bonds is 38. The third-order valence-electron chi connectivity index (χ3n) is 33.1. The molecule has 16 rings (SSSR count). The van der Waals surface area contributed by atoms with Crippen LogP contribution in [0.25, 0.3) is 43.6 Å². The zero-order chi connectivity index (χ0) is 95.4. The van der Waals surface area contributed by atoms with Gasteiger partial charge in [-0.3, -0.25) is 78.8 Å². The van der Waals surface area contributed by atoms with Crippen molar-refractivity contribution in [1.82, 2.24) is 30.4 Å². The summed E-state index contributed by atoms with van der Waals surface area (Å²) in [7, 11) is 0. The van der Waals surface area contributed by atoms with Crippen LogP contribution >= 0.6 is 0 Å². The molecule has 4 unspecified atom stereocenters. The van der Waals surface area contributed by atoms with Gasteiger partial charge in [0.25, 0.3) is 0 Å². The smallest absolute Gasteiger partial charge is 0.232 e. The molecule has 8 bridgehead atoms. The second-order valence-corrected chi connectivity index (χ2v) is 43.1. The molecule has 0 radical (unpaired) electrons. The molecule has 712 valence electrons. The zero-order valence-electron chi connectivity index (χ0n) is 81.1. The number of benzene rings is 6. The van der Waals surface area contributed by atoms with Crippen LogP contribution in [0, 0.1) is 65.0 Å². The molecule has 4 saturated heterocycles. The summed E-state index contributed by atoms with van der Waals surface area (Å²) in [6.07, 6.45) is 19.1. The van der Waals surface area contributed by atoms with Crippen molar-refractivity contribution in [3.63, 3.8) is 0 Å². The van der Waals surface area contributed by atoms with Crippen LogP contribution in [0.3, 0.4) is 0 Å². The number of piperidine rings is 4. The van der Waals surface area contributed by atoms with Crippen molar-refractivity contribution in [2.24, 2.45) is 75.2 Å². The Balaban J connectivity index is 0.731. The average Bonchev–Trinajstić information content (AvgIpc) is 1.67. The molecular weight excluding hydrogens is 1680 g/mol. The van der Waals surface area contributed by atoms with E-state index in [4.69, 9.17) is 10.2 Å². The fourth-order valence-electron chi connectivity index (χ4n) is 29.0. The monoisotopic (exact) mass is 1820 g/mol. The molecule has 6 aromatic carbocycles. The summed E-state index contributed by atoms with van der Waals surface area (Å²) in [5.41, 5.74) is -2.68. The topological polar surface area (TPSA) is 336 Å². The normalized spacial score (nSPS) is 29.4. The first-order valence-corrected chi connectivity index (χ1v) is 50.6. The molecule has 8 N–H and O–H groups in total. The number of carbonyl (C=O) groups is 12. The van der Waals surface area contributed by atoms with Crippen molar-refractivity contribution in [2.45, 2.75) is 327 Å². The predicted molar refractivity (Wildman–Crippen MR) is 525 cm³/mol. The molecule has 4 aliphatic heterocycles. The Morgan fingerprint density at radius 3 is 0.642 bits per heavy atom. The van der Waals surface area contributed by atoms with E-state index in [-0.39, 0.29) is 70.9 Å². The van der Waals surface area contributed by atoms with Crippen LogP contribution in [-0.2, 0) is 70.6 Å². The Kier molecular flexibility index (Phi) is 26.7. The number of amides is 12. The fourth-order valence-corrected chi connectivity index (χ4v) is 29.0. The van der Waals surface area contributed by atoms with Crippen LogP contribution in [0.1, 0.15) is 325 Å². The van der Waals surface area contributed by atoms with Gasteiger partial charge in [0.1, 0.15) is 0 Å². The van der Waals surface area contributed by atoms with E-state index >= 15 is 19.2 Å². The van der Waals surface area contributed by atoms with E-state index in [0.717, 1.165) is 54.7 Å². The first kappa shape index (κ1) is 96.1. The highest BCUT2D eigenvalue weighted by molar-refractivity contribution is 6.16. The Labute approximate surface area is 788 Å². The molecule has 8 aromatic rings. The van der Waals surface area contributed by atoms with Crippen LogP contribution < -0.4 is 42.5 Å². The third kappa shape index (κ3) is 16.8. The summed E-state index contributed by atoms with van der Waals surface area (Å²) in [5, 5.41) is 37.7. The number of hydrogen-bond acceptors (Lipinski definition) is 14. The van der Waals surface area contributed by atoms with Crippen molar-refractivity contribution in [3.05, 3.63) is 132 Å². The molecule has 8 aliphatic rings. The number of hydrogen-bond donors (Lipinski definition) is 8.